The lowest BCUT2D eigenvalue weighted by atomic mass is 9.78. The van der Waals surface area contributed by atoms with Crippen LogP contribution < -0.4 is 0 Å². The van der Waals surface area contributed by atoms with Gasteiger partial charge in [0, 0.05) is 39.1 Å². The minimum absolute atomic E-state index is 0.0132. The quantitative estimate of drug-likeness (QED) is 0.672. The van der Waals surface area contributed by atoms with E-state index in [1.165, 1.54) is 18.4 Å². The number of hydrogen-bond donors (Lipinski definition) is 1. The monoisotopic (exact) mass is 446 g/mol. The Labute approximate surface area is 198 Å². The minimum atomic E-state index is -1.40. The zero-order chi connectivity index (χ0) is 22.8. The van der Waals surface area contributed by atoms with E-state index in [0.29, 0.717) is 17.8 Å². The summed E-state index contributed by atoms with van der Waals surface area (Å²) in [6.07, 6.45) is 6.56. The zero-order valence-corrected chi connectivity index (χ0v) is 19.9. The number of carbonyl (C=O) groups excluding carboxylic acids is 1. The maximum absolute atomic E-state index is 13.8. The summed E-state index contributed by atoms with van der Waals surface area (Å²) in [5, 5.41) is 11.9. The van der Waals surface area contributed by atoms with Gasteiger partial charge in [-0.15, -0.1) is 0 Å². The predicted molar refractivity (Wildman–Crippen MR) is 131 cm³/mol. The summed E-state index contributed by atoms with van der Waals surface area (Å²) in [5.74, 6) is 1.72. The fraction of sp³-hybridized carbons (Fsp3) is 0.552. The summed E-state index contributed by atoms with van der Waals surface area (Å²) in [6, 6.07) is 20.4. The fourth-order valence-electron chi connectivity index (χ4n) is 6.96. The van der Waals surface area contributed by atoms with Gasteiger partial charge in [0.05, 0.1) is 0 Å². The van der Waals surface area contributed by atoms with E-state index in [9.17, 15) is 9.90 Å². The summed E-state index contributed by atoms with van der Waals surface area (Å²) in [4.78, 5) is 18.3. The molecule has 3 fully saturated rings. The lowest BCUT2D eigenvalue weighted by molar-refractivity contribution is -0.159. The number of likely N-dealkylation sites (tertiary alicyclic amines) is 1. The molecule has 2 aromatic carbocycles. The first-order valence-corrected chi connectivity index (χ1v) is 12.9. The van der Waals surface area contributed by atoms with Crippen molar-refractivity contribution in [1.29, 1.82) is 0 Å². The molecule has 2 saturated carbocycles. The van der Waals surface area contributed by atoms with E-state index in [0.717, 1.165) is 57.4 Å². The van der Waals surface area contributed by atoms with Gasteiger partial charge in [-0.2, -0.15) is 0 Å². The number of nitrogens with zero attached hydrogens (tertiary/aromatic N) is 2. The van der Waals surface area contributed by atoms with Crippen molar-refractivity contribution >= 4 is 5.91 Å². The third-order valence-corrected chi connectivity index (χ3v) is 8.67. The number of hydrogen-bond acceptors (Lipinski definition) is 3. The lowest BCUT2D eigenvalue weighted by Gasteiger charge is -2.42. The summed E-state index contributed by atoms with van der Waals surface area (Å²) in [7, 11) is 1.92. The second-order valence-electron chi connectivity index (χ2n) is 10.7. The SMILES string of the molecule is CN(CC1C2CCC1CN(Cc1ccccc1)C2)C(=O)[C@](O)(c1ccccc1)C1CCCC1. The number of aliphatic hydroxyl groups is 1. The molecule has 0 spiro atoms. The van der Waals surface area contributed by atoms with E-state index in [-0.39, 0.29) is 11.8 Å². The number of piperidine rings is 1. The Morgan fingerprint density at radius 2 is 1.52 bits per heavy atom. The van der Waals surface area contributed by atoms with Crippen LogP contribution in [0.3, 0.4) is 0 Å². The molecule has 4 nitrogen and oxygen atoms in total. The van der Waals surface area contributed by atoms with Crippen LogP contribution in [0.15, 0.2) is 60.7 Å². The number of carbonyl (C=O) groups is 1. The normalized spacial score (nSPS) is 27.4. The molecule has 2 aliphatic carbocycles. The number of rotatable bonds is 7. The summed E-state index contributed by atoms with van der Waals surface area (Å²) in [6.45, 7) is 4.01. The Bertz CT molecular complexity index is 913. The van der Waals surface area contributed by atoms with Crippen LogP contribution in [0.25, 0.3) is 0 Å². The van der Waals surface area contributed by atoms with Gasteiger partial charge in [-0.05, 0) is 54.6 Å². The second kappa shape index (κ2) is 9.60. The van der Waals surface area contributed by atoms with Crippen LogP contribution in [0.1, 0.15) is 49.7 Å². The highest BCUT2D eigenvalue weighted by Crippen LogP contribution is 2.45. The standard InChI is InChI=1S/C29H38N2O2/c1-30(28(32)29(33,26-14-8-9-15-26)25-12-6-3-7-13-25)21-27-23-16-17-24(27)20-31(19-23)18-22-10-4-2-5-11-22/h2-7,10-13,23-24,26-27,33H,8-9,14-21H2,1H3/t23?,24?,27?,29-/m0/s1. The molecule has 0 aromatic heterocycles. The van der Waals surface area contributed by atoms with E-state index in [1.54, 1.807) is 0 Å². The van der Waals surface area contributed by atoms with Crippen LogP contribution in [0.4, 0.5) is 0 Å². The van der Waals surface area contributed by atoms with Crippen molar-refractivity contribution in [3.05, 3.63) is 71.8 Å². The Morgan fingerprint density at radius 3 is 2.12 bits per heavy atom. The molecule has 1 saturated heterocycles. The van der Waals surface area contributed by atoms with Gasteiger partial charge in [0.2, 0.25) is 0 Å². The maximum Gasteiger partial charge on any atom is 0.259 e. The third-order valence-electron chi connectivity index (χ3n) is 8.67. The first-order valence-electron chi connectivity index (χ1n) is 12.9. The van der Waals surface area contributed by atoms with Crippen molar-refractivity contribution in [1.82, 2.24) is 9.80 Å². The summed E-state index contributed by atoms with van der Waals surface area (Å²) < 4.78 is 0. The molecule has 2 bridgehead atoms. The average Bonchev–Trinajstić information content (AvgIpc) is 3.46. The van der Waals surface area contributed by atoms with Crippen LogP contribution in [-0.4, -0.2) is 47.5 Å². The van der Waals surface area contributed by atoms with Crippen LogP contribution in [0.2, 0.25) is 0 Å². The van der Waals surface area contributed by atoms with Gasteiger partial charge in [0.25, 0.3) is 5.91 Å². The van der Waals surface area contributed by atoms with Crippen molar-refractivity contribution < 1.29 is 9.90 Å². The van der Waals surface area contributed by atoms with Crippen molar-refractivity contribution in [3.63, 3.8) is 0 Å². The van der Waals surface area contributed by atoms with Gasteiger partial charge in [0.1, 0.15) is 0 Å². The molecule has 1 aliphatic heterocycles. The Morgan fingerprint density at radius 1 is 0.939 bits per heavy atom. The van der Waals surface area contributed by atoms with Gasteiger partial charge in [-0.3, -0.25) is 9.69 Å². The van der Waals surface area contributed by atoms with Gasteiger partial charge in [-0.1, -0.05) is 73.5 Å². The molecule has 3 atom stereocenters. The zero-order valence-electron chi connectivity index (χ0n) is 19.9. The molecule has 1 heterocycles. The highest BCUT2D eigenvalue weighted by molar-refractivity contribution is 5.86. The van der Waals surface area contributed by atoms with Crippen LogP contribution in [0.5, 0.6) is 0 Å². The Hall–Kier alpha value is -2.17. The van der Waals surface area contributed by atoms with Crippen molar-refractivity contribution in [2.75, 3.05) is 26.7 Å². The summed E-state index contributed by atoms with van der Waals surface area (Å²) >= 11 is 0. The molecule has 33 heavy (non-hydrogen) atoms. The molecular formula is C29H38N2O2. The second-order valence-corrected chi connectivity index (χ2v) is 10.7. The number of benzene rings is 2. The third kappa shape index (κ3) is 4.48. The maximum atomic E-state index is 13.8. The molecule has 4 heteroatoms. The molecule has 0 radical (unpaired) electrons. The van der Waals surface area contributed by atoms with E-state index < -0.39 is 5.60 Å². The number of fused-ring (bicyclic) bond motifs is 2. The van der Waals surface area contributed by atoms with Gasteiger partial charge in [-0.25, -0.2) is 0 Å². The number of likely N-dealkylation sites (N-methyl/N-ethyl adjacent to an activating group) is 1. The molecule has 3 aliphatic rings. The van der Waals surface area contributed by atoms with Gasteiger partial charge in [0.15, 0.2) is 5.60 Å². The average molecular weight is 447 g/mol. The first-order chi connectivity index (χ1) is 16.1. The first kappa shape index (κ1) is 22.6. The van der Waals surface area contributed by atoms with Gasteiger partial charge >= 0.3 is 0 Å². The molecule has 176 valence electrons. The number of amides is 1. The predicted octanol–water partition coefficient (Wildman–Crippen LogP) is 4.68. The minimum Gasteiger partial charge on any atom is -0.375 e. The Balaban J connectivity index is 1.28. The fourth-order valence-corrected chi connectivity index (χ4v) is 6.96. The topological polar surface area (TPSA) is 43.8 Å². The van der Waals surface area contributed by atoms with Crippen molar-refractivity contribution in [2.24, 2.45) is 23.7 Å². The van der Waals surface area contributed by atoms with Crippen LogP contribution in [0, 0.1) is 23.7 Å². The summed E-state index contributed by atoms with van der Waals surface area (Å²) in [5.41, 5.74) is 0.737. The van der Waals surface area contributed by atoms with Crippen LogP contribution >= 0.6 is 0 Å². The van der Waals surface area contributed by atoms with Crippen molar-refractivity contribution in [2.45, 2.75) is 50.7 Å². The van der Waals surface area contributed by atoms with E-state index in [4.69, 9.17) is 0 Å². The largest absolute Gasteiger partial charge is 0.375 e. The molecule has 2 unspecified atom stereocenters. The smallest absolute Gasteiger partial charge is 0.259 e. The molecule has 1 amide bonds. The Kier molecular flexibility index (Phi) is 6.58. The van der Waals surface area contributed by atoms with Crippen molar-refractivity contribution in [3.8, 4) is 0 Å². The van der Waals surface area contributed by atoms with E-state index in [2.05, 4.69) is 35.2 Å². The molecule has 2 aromatic rings. The van der Waals surface area contributed by atoms with Gasteiger partial charge < -0.3 is 10.0 Å². The highest BCUT2D eigenvalue weighted by atomic mass is 16.3. The molecular weight excluding hydrogens is 408 g/mol. The molecule has 1 N–H and O–H groups in total. The van der Waals surface area contributed by atoms with E-state index >= 15 is 0 Å². The molecule has 5 rings (SSSR count). The lowest BCUT2D eigenvalue weighted by Crippen LogP contribution is -2.52. The van der Waals surface area contributed by atoms with E-state index in [1.807, 2.05) is 42.3 Å². The van der Waals surface area contributed by atoms with Crippen LogP contribution in [-0.2, 0) is 16.9 Å². The highest BCUT2D eigenvalue weighted by Gasteiger charge is 2.49.